The SMILES string of the molecule is Cc1ccc(-c2nn(C(=O)c3c(Cl)cccc3C(F)(F)F)c3c2CCCC3)c(F)c1. The van der Waals surface area contributed by atoms with Crippen LogP contribution in [0.3, 0.4) is 0 Å². The Morgan fingerprint density at radius 2 is 1.87 bits per heavy atom. The van der Waals surface area contributed by atoms with Gasteiger partial charge in [-0.1, -0.05) is 23.7 Å². The largest absolute Gasteiger partial charge is 0.417 e. The van der Waals surface area contributed by atoms with E-state index in [0.717, 1.165) is 35.2 Å². The first-order valence-electron chi connectivity index (χ1n) is 9.46. The fraction of sp³-hybridized carbons (Fsp3) is 0.273. The molecule has 0 N–H and O–H groups in total. The first-order chi connectivity index (χ1) is 14.2. The van der Waals surface area contributed by atoms with Crippen molar-refractivity contribution in [1.82, 2.24) is 9.78 Å². The van der Waals surface area contributed by atoms with Gasteiger partial charge in [-0.3, -0.25) is 4.79 Å². The molecular weight excluding hydrogens is 420 g/mol. The Bertz CT molecular complexity index is 1150. The summed E-state index contributed by atoms with van der Waals surface area (Å²) in [5.41, 5.74) is 0.664. The minimum Gasteiger partial charge on any atom is -0.267 e. The van der Waals surface area contributed by atoms with E-state index < -0.39 is 29.0 Å². The molecule has 3 aromatic rings. The predicted octanol–water partition coefficient (Wildman–Crippen LogP) is 6.24. The van der Waals surface area contributed by atoms with E-state index >= 15 is 0 Å². The molecule has 0 unspecified atom stereocenters. The van der Waals surface area contributed by atoms with Crippen molar-refractivity contribution in [1.29, 1.82) is 0 Å². The van der Waals surface area contributed by atoms with Gasteiger partial charge in [0.05, 0.1) is 27.5 Å². The van der Waals surface area contributed by atoms with Crippen LogP contribution in [0.5, 0.6) is 0 Å². The van der Waals surface area contributed by atoms with Crippen molar-refractivity contribution in [2.45, 2.75) is 38.8 Å². The second kappa shape index (κ2) is 7.54. The fourth-order valence-electron chi connectivity index (χ4n) is 3.88. The summed E-state index contributed by atoms with van der Waals surface area (Å²) in [6.07, 6.45) is -2.13. The van der Waals surface area contributed by atoms with Crippen molar-refractivity contribution >= 4 is 17.5 Å². The van der Waals surface area contributed by atoms with Gasteiger partial charge in [0.2, 0.25) is 0 Å². The van der Waals surface area contributed by atoms with E-state index in [2.05, 4.69) is 5.10 Å². The van der Waals surface area contributed by atoms with Crippen LogP contribution >= 0.6 is 11.6 Å². The molecule has 0 aliphatic heterocycles. The Labute approximate surface area is 175 Å². The Kier molecular flexibility index (Phi) is 5.18. The smallest absolute Gasteiger partial charge is 0.267 e. The standard InChI is InChI=1S/C22H17ClF4N2O/c1-12-9-10-13(17(24)11-12)20-14-5-2-3-8-18(14)29(28-20)21(30)19-15(22(25,26)27)6-4-7-16(19)23/h4,6-7,9-11H,2-3,5,8H2,1H3. The molecule has 4 rings (SSSR count). The molecule has 0 spiro atoms. The molecule has 0 amide bonds. The maximum atomic E-state index is 14.6. The number of nitrogens with zero attached hydrogens (tertiary/aromatic N) is 2. The summed E-state index contributed by atoms with van der Waals surface area (Å²) in [5, 5.41) is 3.99. The minimum absolute atomic E-state index is 0.223. The normalized spacial score (nSPS) is 13.9. The first kappa shape index (κ1) is 20.6. The van der Waals surface area contributed by atoms with Gasteiger partial charge in [-0.25, -0.2) is 4.39 Å². The summed E-state index contributed by atoms with van der Waals surface area (Å²) in [5.74, 6) is -1.46. The average Bonchev–Trinajstić information content (AvgIpc) is 3.06. The molecule has 0 atom stereocenters. The topological polar surface area (TPSA) is 34.9 Å². The number of carbonyl (C=O) groups is 1. The van der Waals surface area contributed by atoms with E-state index in [1.807, 2.05) is 0 Å². The number of alkyl halides is 3. The van der Waals surface area contributed by atoms with Gasteiger partial charge in [-0.2, -0.15) is 23.0 Å². The number of hydrogen-bond donors (Lipinski definition) is 0. The maximum absolute atomic E-state index is 14.6. The van der Waals surface area contributed by atoms with Gasteiger partial charge in [-0.15, -0.1) is 0 Å². The van der Waals surface area contributed by atoms with Gasteiger partial charge in [0.25, 0.3) is 5.91 Å². The molecule has 0 saturated carbocycles. The van der Waals surface area contributed by atoms with Crippen molar-refractivity contribution in [2.24, 2.45) is 0 Å². The van der Waals surface area contributed by atoms with E-state index in [1.54, 1.807) is 19.1 Å². The second-order valence-corrected chi connectivity index (χ2v) is 7.75. The molecule has 2 aromatic carbocycles. The summed E-state index contributed by atoms with van der Waals surface area (Å²) < 4.78 is 56.1. The fourth-order valence-corrected chi connectivity index (χ4v) is 4.13. The number of aromatic nitrogens is 2. The van der Waals surface area contributed by atoms with Gasteiger partial charge < -0.3 is 0 Å². The number of rotatable bonds is 2. The van der Waals surface area contributed by atoms with E-state index in [4.69, 9.17) is 11.6 Å². The Morgan fingerprint density at radius 3 is 2.57 bits per heavy atom. The third-order valence-corrected chi connectivity index (χ3v) is 5.60. The second-order valence-electron chi connectivity index (χ2n) is 7.34. The molecule has 0 radical (unpaired) electrons. The molecule has 1 aliphatic rings. The Hall–Kier alpha value is -2.67. The molecule has 1 aliphatic carbocycles. The highest BCUT2D eigenvalue weighted by atomic mass is 35.5. The van der Waals surface area contributed by atoms with Crippen molar-refractivity contribution < 1.29 is 22.4 Å². The van der Waals surface area contributed by atoms with E-state index in [9.17, 15) is 22.4 Å². The Morgan fingerprint density at radius 1 is 1.13 bits per heavy atom. The van der Waals surface area contributed by atoms with Crippen molar-refractivity contribution in [3.8, 4) is 11.3 Å². The highest BCUT2D eigenvalue weighted by Gasteiger charge is 2.38. The van der Waals surface area contributed by atoms with Gasteiger partial charge in [0.15, 0.2) is 0 Å². The highest BCUT2D eigenvalue weighted by molar-refractivity contribution is 6.34. The predicted molar refractivity (Wildman–Crippen MR) is 105 cm³/mol. The Balaban J connectivity index is 1.92. The number of halogens is 5. The number of hydrogen-bond acceptors (Lipinski definition) is 2. The molecule has 1 heterocycles. The molecule has 8 heteroatoms. The highest BCUT2D eigenvalue weighted by Crippen LogP contribution is 2.37. The van der Waals surface area contributed by atoms with Crippen LogP contribution in [0.25, 0.3) is 11.3 Å². The molecule has 0 bridgehead atoms. The lowest BCUT2D eigenvalue weighted by molar-refractivity contribution is -0.137. The van der Waals surface area contributed by atoms with Crippen LogP contribution in [0.1, 0.15) is 45.6 Å². The molecule has 0 fully saturated rings. The van der Waals surface area contributed by atoms with Crippen molar-refractivity contribution in [3.05, 3.63) is 75.2 Å². The zero-order valence-corrected chi connectivity index (χ0v) is 16.7. The first-order valence-corrected chi connectivity index (χ1v) is 9.84. The van der Waals surface area contributed by atoms with E-state index in [0.29, 0.717) is 24.1 Å². The number of carbonyl (C=O) groups excluding carboxylic acids is 1. The summed E-state index contributed by atoms with van der Waals surface area (Å²) in [6.45, 7) is 1.75. The molecule has 156 valence electrons. The molecular formula is C22H17ClF4N2O. The minimum atomic E-state index is -4.75. The van der Waals surface area contributed by atoms with Gasteiger partial charge in [0, 0.05) is 11.1 Å². The van der Waals surface area contributed by atoms with Crippen LogP contribution in [0.2, 0.25) is 5.02 Å². The van der Waals surface area contributed by atoms with Crippen LogP contribution in [-0.2, 0) is 19.0 Å². The number of benzene rings is 2. The summed E-state index contributed by atoms with van der Waals surface area (Å²) in [4.78, 5) is 13.2. The van der Waals surface area contributed by atoms with Crippen molar-refractivity contribution in [2.75, 3.05) is 0 Å². The molecule has 1 aromatic heterocycles. The molecule has 30 heavy (non-hydrogen) atoms. The monoisotopic (exact) mass is 436 g/mol. The lowest BCUT2D eigenvalue weighted by Crippen LogP contribution is -2.22. The summed E-state index contributed by atoms with van der Waals surface area (Å²) >= 11 is 6.01. The van der Waals surface area contributed by atoms with E-state index in [-0.39, 0.29) is 16.3 Å². The lowest BCUT2D eigenvalue weighted by atomic mass is 9.93. The lowest BCUT2D eigenvalue weighted by Gasteiger charge is -2.16. The molecule has 3 nitrogen and oxygen atoms in total. The summed E-state index contributed by atoms with van der Waals surface area (Å²) in [6, 6.07) is 7.86. The van der Waals surface area contributed by atoms with E-state index in [1.165, 1.54) is 12.1 Å². The van der Waals surface area contributed by atoms with Crippen LogP contribution in [-0.4, -0.2) is 15.7 Å². The third kappa shape index (κ3) is 3.51. The van der Waals surface area contributed by atoms with Gasteiger partial charge in [0.1, 0.15) is 5.82 Å². The molecule has 0 saturated heterocycles. The summed E-state index contributed by atoms with van der Waals surface area (Å²) in [7, 11) is 0. The number of fused-ring (bicyclic) bond motifs is 1. The maximum Gasteiger partial charge on any atom is 0.417 e. The quantitative estimate of drug-likeness (QED) is 0.446. The number of aryl methyl sites for hydroxylation is 1. The third-order valence-electron chi connectivity index (χ3n) is 5.29. The zero-order chi connectivity index (χ0) is 21.6. The van der Waals surface area contributed by atoms with Crippen molar-refractivity contribution in [3.63, 3.8) is 0 Å². The van der Waals surface area contributed by atoms with Crippen LogP contribution in [0.15, 0.2) is 36.4 Å². The van der Waals surface area contributed by atoms with Gasteiger partial charge >= 0.3 is 6.18 Å². The van der Waals surface area contributed by atoms with Gasteiger partial charge in [-0.05, 0) is 62.4 Å². The van der Waals surface area contributed by atoms with Crippen LogP contribution in [0.4, 0.5) is 17.6 Å². The van der Waals surface area contributed by atoms with Crippen LogP contribution in [0, 0.1) is 12.7 Å². The van der Waals surface area contributed by atoms with Crippen LogP contribution < -0.4 is 0 Å². The zero-order valence-electron chi connectivity index (χ0n) is 16.0. The average molecular weight is 437 g/mol.